The molecule has 0 spiro atoms. The van der Waals surface area contributed by atoms with Gasteiger partial charge in [-0.05, 0) is 5.92 Å². The van der Waals surface area contributed by atoms with Crippen molar-refractivity contribution in [2.45, 2.75) is 19.8 Å². The van der Waals surface area contributed by atoms with Gasteiger partial charge in [-0.3, -0.25) is 4.79 Å². The number of rotatable bonds is 2. The lowest BCUT2D eigenvalue weighted by Gasteiger charge is -2.09. The third-order valence-electron chi connectivity index (χ3n) is 1.86. The zero-order valence-electron chi connectivity index (χ0n) is 8.53. The lowest BCUT2D eigenvalue weighted by Crippen LogP contribution is -2.21. The second-order valence-corrected chi connectivity index (χ2v) is 3.26. The average Bonchev–Trinajstić information content (AvgIpc) is 2.16. The van der Waals surface area contributed by atoms with E-state index in [1.54, 1.807) is 7.05 Å². The van der Waals surface area contributed by atoms with Crippen molar-refractivity contribution in [1.82, 2.24) is 15.3 Å². The van der Waals surface area contributed by atoms with Crippen molar-refractivity contribution in [3.8, 4) is 0 Å². The smallest absolute Gasteiger partial charge is 0.254 e. The van der Waals surface area contributed by atoms with Crippen LogP contribution in [0.5, 0.6) is 0 Å². The first-order valence-corrected chi connectivity index (χ1v) is 4.40. The highest BCUT2D eigenvalue weighted by molar-refractivity contribution is 5.95. The van der Waals surface area contributed by atoms with Crippen LogP contribution in [0.4, 0.5) is 5.95 Å². The minimum absolute atomic E-state index is 0.146. The number of carbonyl (C=O) groups excluding carboxylic acids is 1. The molecule has 0 aliphatic carbocycles. The van der Waals surface area contributed by atoms with Crippen LogP contribution in [0.3, 0.4) is 0 Å². The van der Waals surface area contributed by atoms with E-state index in [1.807, 2.05) is 13.8 Å². The second-order valence-electron chi connectivity index (χ2n) is 3.26. The fourth-order valence-corrected chi connectivity index (χ4v) is 1.16. The predicted octanol–water partition coefficient (Wildman–Crippen LogP) is 0.542. The first-order chi connectivity index (χ1) is 6.56. The lowest BCUT2D eigenvalue weighted by atomic mass is 10.0. The first kappa shape index (κ1) is 10.4. The van der Waals surface area contributed by atoms with Gasteiger partial charge in [0, 0.05) is 13.2 Å². The number of carbonyl (C=O) groups is 1. The molecule has 76 valence electrons. The highest BCUT2D eigenvalue weighted by atomic mass is 16.1. The molecule has 0 saturated heterocycles. The van der Waals surface area contributed by atoms with Gasteiger partial charge in [0.25, 0.3) is 5.91 Å². The van der Waals surface area contributed by atoms with E-state index in [0.717, 1.165) is 0 Å². The van der Waals surface area contributed by atoms with Gasteiger partial charge in [-0.2, -0.15) is 0 Å². The Bertz CT molecular complexity index is 349. The summed E-state index contributed by atoms with van der Waals surface area (Å²) < 4.78 is 0. The number of hydrogen-bond acceptors (Lipinski definition) is 4. The van der Waals surface area contributed by atoms with Gasteiger partial charge in [0.15, 0.2) is 0 Å². The van der Waals surface area contributed by atoms with E-state index in [2.05, 4.69) is 15.3 Å². The third kappa shape index (κ3) is 1.99. The van der Waals surface area contributed by atoms with Crippen LogP contribution in [-0.2, 0) is 0 Å². The number of hydrogen-bond donors (Lipinski definition) is 2. The summed E-state index contributed by atoms with van der Waals surface area (Å²) in [6.07, 6.45) is 1.45. The molecule has 0 unspecified atom stereocenters. The topological polar surface area (TPSA) is 80.9 Å². The standard InChI is InChI=1S/C9H14N4O/c1-5(2)7-6(8(14)11-3)4-12-9(10)13-7/h4-5H,1-3H3,(H,11,14)(H2,10,12,13). The van der Waals surface area contributed by atoms with Crippen LogP contribution in [-0.4, -0.2) is 22.9 Å². The Kier molecular flexibility index (Phi) is 3.01. The van der Waals surface area contributed by atoms with Gasteiger partial charge < -0.3 is 11.1 Å². The Morgan fingerprint density at radius 2 is 2.21 bits per heavy atom. The fourth-order valence-electron chi connectivity index (χ4n) is 1.16. The third-order valence-corrected chi connectivity index (χ3v) is 1.86. The van der Waals surface area contributed by atoms with Crippen molar-refractivity contribution in [1.29, 1.82) is 0 Å². The Morgan fingerprint density at radius 1 is 1.57 bits per heavy atom. The summed E-state index contributed by atoms with van der Waals surface area (Å²) in [5.74, 6) is 0.155. The molecule has 0 aliphatic rings. The molecule has 0 fully saturated rings. The number of aromatic nitrogens is 2. The monoisotopic (exact) mass is 194 g/mol. The van der Waals surface area contributed by atoms with E-state index >= 15 is 0 Å². The summed E-state index contributed by atoms with van der Waals surface area (Å²) in [6.45, 7) is 3.91. The van der Waals surface area contributed by atoms with Gasteiger partial charge in [-0.1, -0.05) is 13.8 Å². The van der Waals surface area contributed by atoms with Crippen LogP contribution < -0.4 is 11.1 Å². The van der Waals surface area contributed by atoms with Gasteiger partial charge in [-0.15, -0.1) is 0 Å². The van der Waals surface area contributed by atoms with Gasteiger partial charge in [-0.25, -0.2) is 9.97 Å². The van der Waals surface area contributed by atoms with E-state index in [-0.39, 0.29) is 17.8 Å². The van der Waals surface area contributed by atoms with Gasteiger partial charge in [0.05, 0.1) is 11.3 Å². The summed E-state index contributed by atoms with van der Waals surface area (Å²) in [5.41, 5.74) is 6.61. The number of nitrogens with zero attached hydrogens (tertiary/aromatic N) is 2. The maximum Gasteiger partial charge on any atom is 0.254 e. The van der Waals surface area contributed by atoms with Crippen molar-refractivity contribution >= 4 is 11.9 Å². The molecule has 5 heteroatoms. The fraction of sp³-hybridized carbons (Fsp3) is 0.444. The van der Waals surface area contributed by atoms with Gasteiger partial charge in [0.2, 0.25) is 5.95 Å². The molecule has 5 nitrogen and oxygen atoms in total. The van der Waals surface area contributed by atoms with Crippen molar-refractivity contribution in [3.05, 3.63) is 17.5 Å². The van der Waals surface area contributed by atoms with E-state index < -0.39 is 0 Å². The molecule has 0 bridgehead atoms. The van der Waals surface area contributed by atoms with E-state index in [4.69, 9.17) is 5.73 Å². The number of nitrogens with two attached hydrogens (primary N) is 1. The summed E-state index contributed by atoms with van der Waals surface area (Å²) in [5, 5.41) is 2.54. The minimum atomic E-state index is -0.186. The van der Waals surface area contributed by atoms with E-state index in [0.29, 0.717) is 11.3 Å². The Labute approximate surface area is 82.7 Å². The maximum absolute atomic E-state index is 11.4. The SMILES string of the molecule is CNC(=O)c1cnc(N)nc1C(C)C. The second kappa shape index (κ2) is 4.04. The molecule has 1 aromatic heterocycles. The number of anilines is 1. The minimum Gasteiger partial charge on any atom is -0.368 e. The largest absolute Gasteiger partial charge is 0.368 e. The van der Waals surface area contributed by atoms with Crippen molar-refractivity contribution in [2.75, 3.05) is 12.8 Å². The van der Waals surface area contributed by atoms with Crippen molar-refractivity contribution in [2.24, 2.45) is 0 Å². The number of amides is 1. The normalized spacial score (nSPS) is 10.3. The predicted molar refractivity (Wildman–Crippen MR) is 53.9 cm³/mol. The molecule has 1 rings (SSSR count). The highest BCUT2D eigenvalue weighted by Gasteiger charge is 2.14. The zero-order valence-corrected chi connectivity index (χ0v) is 8.53. The molecule has 14 heavy (non-hydrogen) atoms. The zero-order chi connectivity index (χ0) is 10.7. The van der Waals surface area contributed by atoms with Crippen LogP contribution >= 0.6 is 0 Å². The van der Waals surface area contributed by atoms with E-state index in [9.17, 15) is 4.79 Å². The molecule has 1 heterocycles. The summed E-state index contributed by atoms with van der Waals surface area (Å²) in [7, 11) is 1.57. The molecule has 0 radical (unpaired) electrons. The van der Waals surface area contributed by atoms with Crippen LogP contribution in [0, 0.1) is 0 Å². The lowest BCUT2D eigenvalue weighted by molar-refractivity contribution is 0.0961. The average molecular weight is 194 g/mol. The highest BCUT2D eigenvalue weighted by Crippen LogP contribution is 2.16. The molecule has 0 atom stereocenters. The van der Waals surface area contributed by atoms with Gasteiger partial charge in [0.1, 0.15) is 0 Å². The van der Waals surface area contributed by atoms with Crippen molar-refractivity contribution < 1.29 is 4.79 Å². The molecule has 0 saturated carbocycles. The molecule has 1 amide bonds. The summed E-state index contributed by atoms with van der Waals surface area (Å²) in [4.78, 5) is 19.3. The molecular weight excluding hydrogens is 180 g/mol. The molecule has 0 aliphatic heterocycles. The van der Waals surface area contributed by atoms with Crippen molar-refractivity contribution in [3.63, 3.8) is 0 Å². The van der Waals surface area contributed by atoms with Crippen LogP contribution in [0.15, 0.2) is 6.20 Å². The van der Waals surface area contributed by atoms with Crippen LogP contribution in [0.2, 0.25) is 0 Å². The Hall–Kier alpha value is -1.65. The molecule has 0 aromatic carbocycles. The first-order valence-electron chi connectivity index (χ1n) is 4.40. The Balaban J connectivity index is 3.21. The molecular formula is C9H14N4O. The Morgan fingerprint density at radius 3 is 2.71 bits per heavy atom. The number of nitrogen functional groups attached to an aromatic ring is 1. The maximum atomic E-state index is 11.4. The van der Waals surface area contributed by atoms with Crippen LogP contribution in [0.25, 0.3) is 0 Å². The van der Waals surface area contributed by atoms with Gasteiger partial charge >= 0.3 is 0 Å². The van der Waals surface area contributed by atoms with Crippen LogP contribution in [0.1, 0.15) is 35.8 Å². The summed E-state index contributed by atoms with van der Waals surface area (Å²) >= 11 is 0. The summed E-state index contributed by atoms with van der Waals surface area (Å²) in [6, 6.07) is 0. The quantitative estimate of drug-likeness (QED) is 0.720. The molecule has 3 N–H and O–H groups in total. The molecule has 1 aromatic rings. The van der Waals surface area contributed by atoms with E-state index in [1.165, 1.54) is 6.20 Å². The number of nitrogens with one attached hydrogen (secondary N) is 1.